The molecule has 0 saturated heterocycles. The highest BCUT2D eigenvalue weighted by molar-refractivity contribution is 9.09. The summed E-state index contributed by atoms with van der Waals surface area (Å²) in [4.78, 5) is 21.7. The van der Waals surface area contributed by atoms with Crippen LogP contribution in [0.5, 0.6) is 0 Å². The highest BCUT2D eigenvalue weighted by atomic mass is 79.9. The molecule has 1 aromatic rings. The molecular weight excluding hydrogens is 326 g/mol. The van der Waals surface area contributed by atoms with Crippen molar-refractivity contribution >= 4 is 27.6 Å². The van der Waals surface area contributed by atoms with E-state index in [2.05, 4.69) is 22.5 Å². The Balaban J connectivity index is 2.78. The van der Waals surface area contributed by atoms with Crippen molar-refractivity contribution in [1.29, 1.82) is 0 Å². The van der Waals surface area contributed by atoms with Crippen LogP contribution >= 0.6 is 15.9 Å². The van der Waals surface area contributed by atoms with Gasteiger partial charge in [-0.25, -0.2) is 4.79 Å². The Hall–Kier alpha value is -1.69. The Bertz CT molecular complexity index is 498. The molecule has 0 amide bonds. The van der Waals surface area contributed by atoms with Crippen LogP contribution in [-0.4, -0.2) is 22.8 Å². The first kappa shape index (κ1) is 16.4. The second kappa shape index (κ2) is 7.79. The van der Waals surface area contributed by atoms with E-state index >= 15 is 0 Å². The number of hydrogen-bond acceptors (Lipinski definition) is 4. The molecule has 0 N–H and O–H groups in total. The van der Waals surface area contributed by atoms with Gasteiger partial charge in [0.25, 0.3) is 5.69 Å². The van der Waals surface area contributed by atoms with Gasteiger partial charge in [-0.3, -0.25) is 10.1 Å². The molecule has 1 unspecified atom stereocenters. The average molecular weight is 342 g/mol. The van der Waals surface area contributed by atoms with Gasteiger partial charge in [-0.15, -0.1) is 0 Å². The second-order valence-electron chi connectivity index (χ2n) is 4.23. The average Bonchev–Trinajstić information content (AvgIpc) is 2.44. The van der Waals surface area contributed by atoms with Gasteiger partial charge >= 0.3 is 5.97 Å². The van der Waals surface area contributed by atoms with E-state index in [1.807, 2.05) is 0 Å². The molecule has 20 heavy (non-hydrogen) atoms. The van der Waals surface area contributed by atoms with Crippen molar-refractivity contribution in [3.05, 3.63) is 52.1 Å². The Morgan fingerprint density at radius 1 is 1.45 bits per heavy atom. The number of hydrogen-bond donors (Lipinski definition) is 0. The standard InChI is InChI=1S/C14H16BrNO4/c1-3-20-14(17)10(2)8-12(9-15)11-4-6-13(7-5-11)16(18)19/h4-7,12H,2-3,8-9H2,1H3. The van der Waals surface area contributed by atoms with Gasteiger partial charge in [0.05, 0.1) is 11.5 Å². The Morgan fingerprint density at radius 2 is 2.05 bits per heavy atom. The summed E-state index contributed by atoms with van der Waals surface area (Å²) >= 11 is 3.39. The van der Waals surface area contributed by atoms with Crippen molar-refractivity contribution in [2.75, 3.05) is 11.9 Å². The number of esters is 1. The fourth-order valence-electron chi connectivity index (χ4n) is 1.74. The van der Waals surface area contributed by atoms with E-state index in [1.54, 1.807) is 19.1 Å². The summed E-state index contributed by atoms with van der Waals surface area (Å²) in [6, 6.07) is 6.31. The third-order valence-corrected chi connectivity index (χ3v) is 3.60. The monoisotopic (exact) mass is 341 g/mol. The number of ether oxygens (including phenoxy) is 1. The number of halogens is 1. The first-order valence-electron chi connectivity index (χ1n) is 6.14. The van der Waals surface area contributed by atoms with Crippen LogP contribution in [0.2, 0.25) is 0 Å². The number of non-ortho nitro benzene ring substituents is 1. The van der Waals surface area contributed by atoms with E-state index < -0.39 is 10.9 Å². The number of nitro groups is 1. The van der Waals surface area contributed by atoms with E-state index in [9.17, 15) is 14.9 Å². The first-order valence-corrected chi connectivity index (χ1v) is 7.27. The maximum atomic E-state index is 11.5. The minimum atomic E-state index is -0.440. The van der Waals surface area contributed by atoms with Crippen LogP contribution in [0.1, 0.15) is 24.8 Å². The number of nitro benzene ring substituents is 1. The molecule has 0 aliphatic heterocycles. The van der Waals surface area contributed by atoms with Gasteiger partial charge in [-0.05, 0) is 24.8 Å². The molecule has 0 spiro atoms. The van der Waals surface area contributed by atoms with Crippen molar-refractivity contribution in [2.24, 2.45) is 0 Å². The minimum Gasteiger partial charge on any atom is -0.463 e. The van der Waals surface area contributed by atoms with Crippen molar-refractivity contribution in [2.45, 2.75) is 19.3 Å². The molecule has 1 atom stereocenters. The number of carbonyl (C=O) groups excluding carboxylic acids is 1. The molecule has 5 nitrogen and oxygen atoms in total. The van der Waals surface area contributed by atoms with Gasteiger partial charge in [0.2, 0.25) is 0 Å². The Kier molecular flexibility index (Phi) is 6.38. The molecular formula is C14H16BrNO4. The molecule has 6 heteroatoms. The van der Waals surface area contributed by atoms with Gasteiger partial charge in [-0.1, -0.05) is 34.6 Å². The van der Waals surface area contributed by atoms with Crippen LogP contribution in [0, 0.1) is 10.1 Å². The van der Waals surface area contributed by atoms with Gasteiger partial charge in [-0.2, -0.15) is 0 Å². The van der Waals surface area contributed by atoms with Crippen molar-refractivity contribution in [1.82, 2.24) is 0 Å². The van der Waals surface area contributed by atoms with E-state index in [4.69, 9.17) is 4.74 Å². The third-order valence-electron chi connectivity index (χ3n) is 2.82. The predicted octanol–water partition coefficient (Wildman–Crippen LogP) is 3.58. The zero-order valence-corrected chi connectivity index (χ0v) is 12.8. The quantitative estimate of drug-likeness (QED) is 0.250. The summed E-state index contributed by atoms with van der Waals surface area (Å²) in [7, 11) is 0. The van der Waals surface area contributed by atoms with Crippen LogP contribution < -0.4 is 0 Å². The topological polar surface area (TPSA) is 69.4 Å². The molecule has 0 radical (unpaired) electrons. The van der Waals surface area contributed by atoms with Crippen LogP contribution in [-0.2, 0) is 9.53 Å². The molecule has 0 aromatic heterocycles. The summed E-state index contributed by atoms with van der Waals surface area (Å²) < 4.78 is 4.89. The molecule has 0 bridgehead atoms. The second-order valence-corrected chi connectivity index (χ2v) is 4.88. The molecule has 0 saturated carbocycles. The summed E-state index contributed by atoms with van der Waals surface area (Å²) in [6.07, 6.45) is 0.446. The van der Waals surface area contributed by atoms with Crippen molar-refractivity contribution < 1.29 is 14.5 Å². The normalized spacial score (nSPS) is 11.7. The van der Waals surface area contributed by atoms with E-state index in [0.717, 1.165) is 5.56 Å². The molecule has 0 aliphatic carbocycles. The number of carbonyl (C=O) groups is 1. The third kappa shape index (κ3) is 4.45. The molecule has 0 fully saturated rings. The van der Waals surface area contributed by atoms with Gasteiger partial charge in [0.1, 0.15) is 0 Å². The lowest BCUT2D eigenvalue weighted by atomic mass is 9.94. The highest BCUT2D eigenvalue weighted by Gasteiger charge is 2.17. The summed E-state index contributed by atoms with van der Waals surface area (Å²) in [5.41, 5.74) is 1.36. The zero-order valence-electron chi connectivity index (χ0n) is 11.2. The van der Waals surface area contributed by atoms with Gasteiger partial charge < -0.3 is 4.74 Å². The smallest absolute Gasteiger partial charge is 0.333 e. The Morgan fingerprint density at radius 3 is 2.50 bits per heavy atom. The van der Waals surface area contributed by atoms with Crippen LogP contribution in [0.25, 0.3) is 0 Å². The van der Waals surface area contributed by atoms with E-state index in [1.165, 1.54) is 12.1 Å². The molecule has 0 heterocycles. The summed E-state index contributed by atoms with van der Waals surface area (Å²) in [6.45, 7) is 5.78. The van der Waals surface area contributed by atoms with E-state index in [0.29, 0.717) is 23.9 Å². The van der Waals surface area contributed by atoms with Crippen molar-refractivity contribution in [3.63, 3.8) is 0 Å². The van der Waals surface area contributed by atoms with Gasteiger partial charge in [0.15, 0.2) is 0 Å². The maximum Gasteiger partial charge on any atom is 0.333 e. The number of rotatable bonds is 7. The number of benzene rings is 1. The SMILES string of the molecule is C=C(CC(CBr)c1ccc([N+](=O)[O-])cc1)C(=O)OCC. The number of alkyl halides is 1. The lowest BCUT2D eigenvalue weighted by Crippen LogP contribution is -2.11. The fraction of sp³-hybridized carbons (Fsp3) is 0.357. The van der Waals surface area contributed by atoms with Gasteiger partial charge in [0, 0.05) is 23.0 Å². The minimum absolute atomic E-state index is 0.0210. The summed E-state index contributed by atoms with van der Waals surface area (Å²) in [5.74, 6) is -0.381. The maximum absolute atomic E-state index is 11.5. The van der Waals surface area contributed by atoms with E-state index in [-0.39, 0.29) is 11.6 Å². The first-order chi connectivity index (χ1) is 9.49. The van der Waals surface area contributed by atoms with Crippen molar-refractivity contribution in [3.8, 4) is 0 Å². The largest absolute Gasteiger partial charge is 0.463 e. The highest BCUT2D eigenvalue weighted by Crippen LogP contribution is 2.27. The molecule has 0 aliphatic rings. The molecule has 108 valence electrons. The predicted molar refractivity (Wildman–Crippen MR) is 80.0 cm³/mol. The number of nitrogens with zero attached hydrogens (tertiary/aromatic N) is 1. The molecule has 1 rings (SSSR count). The summed E-state index contributed by atoms with van der Waals surface area (Å²) in [5, 5.41) is 11.2. The lowest BCUT2D eigenvalue weighted by Gasteiger charge is -2.15. The zero-order chi connectivity index (χ0) is 15.1. The van der Waals surface area contributed by atoms with Crippen LogP contribution in [0.15, 0.2) is 36.4 Å². The fourth-order valence-corrected chi connectivity index (χ4v) is 2.35. The Labute approximate surface area is 125 Å². The van der Waals surface area contributed by atoms with Crippen LogP contribution in [0.3, 0.4) is 0 Å². The van der Waals surface area contributed by atoms with Crippen LogP contribution in [0.4, 0.5) is 5.69 Å². The lowest BCUT2D eigenvalue weighted by molar-refractivity contribution is -0.384. The molecule has 1 aromatic carbocycles.